The van der Waals surface area contributed by atoms with Crippen molar-refractivity contribution in [2.24, 2.45) is 16.9 Å². The van der Waals surface area contributed by atoms with Crippen molar-refractivity contribution in [1.29, 1.82) is 0 Å². The van der Waals surface area contributed by atoms with E-state index in [-0.39, 0.29) is 36.5 Å². The first kappa shape index (κ1) is 22.0. The van der Waals surface area contributed by atoms with E-state index in [1.54, 1.807) is 0 Å². The predicted octanol–water partition coefficient (Wildman–Crippen LogP) is 4.24. The van der Waals surface area contributed by atoms with Gasteiger partial charge in [0.2, 0.25) is 0 Å². The monoisotopic (exact) mass is 435 g/mol. The normalized spacial score (nSPS) is 24.0. The van der Waals surface area contributed by atoms with E-state index < -0.39 is 5.97 Å². The molecule has 0 aromatic heterocycles. The van der Waals surface area contributed by atoms with Crippen LogP contribution in [0.25, 0.3) is 0 Å². The maximum atomic E-state index is 12.1. The van der Waals surface area contributed by atoms with Gasteiger partial charge in [0, 0.05) is 24.2 Å². The number of rotatable bonds is 9. The third-order valence-corrected chi connectivity index (χ3v) is 6.34. The number of benzene rings is 2. The Morgan fingerprint density at radius 3 is 2.53 bits per heavy atom. The first-order valence-electron chi connectivity index (χ1n) is 11.2. The molecule has 0 radical (unpaired) electrons. The average Bonchev–Trinajstić information content (AvgIpc) is 3.38. The molecule has 32 heavy (non-hydrogen) atoms. The second-order valence-corrected chi connectivity index (χ2v) is 8.46. The highest BCUT2D eigenvalue weighted by Crippen LogP contribution is 2.44. The highest BCUT2D eigenvalue weighted by molar-refractivity contribution is 5.89. The number of anilines is 1. The van der Waals surface area contributed by atoms with Crippen LogP contribution in [0.15, 0.2) is 59.7 Å². The fraction of sp³-hybridized carbons (Fsp3) is 0.400. The van der Waals surface area contributed by atoms with Gasteiger partial charge >= 0.3 is 12.0 Å². The summed E-state index contributed by atoms with van der Waals surface area (Å²) in [6.45, 7) is 0. The van der Waals surface area contributed by atoms with Gasteiger partial charge in [-0.2, -0.15) is 5.10 Å². The van der Waals surface area contributed by atoms with E-state index in [4.69, 9.17) is 9.84 Å². The molecule has 2 fully saturated rings. The van der Waals surface area contributed by atoms with Crippen LogP contribution < -0.4 is 10.7 Å². The third kappa shape index (κ3) is 5.53. The minimum Gasteiger partial charge on any atom is -0.481 e. The quantitative estimate of drug-likeness (QED) is 0.405. The Labute approximate surface area is 187 Å². The minimum absolute atomic E-state index is 0.131. The average molecular weight is 436 g/mol. The number of nitrogens with zero attached hydrogens (tertiary/aromatic N) is 1. The van der Waals surface area contributed by atoms with Crippen molar-refractivity contribution < 1.29 is 19.4 Å². The van der Waals surface area contributed by atoms with Crippen molar-refractivity contribution in [3.63, 3.8) is 0 Å². The molecule has 7 heteroatoms. The van der Waals surface area contributed by atoms with Crippen molar-refractivity contribution in [3.05, 3.63) is 65.7 Å². The van der Waals surface area contributed by atoms with E-state index >= 15 is 0 Å². The zero-order valence-corrected chi connectivity index (χ0v) is 17.9. The number of carboxylic acids is 1. The van der Waals surface area contributed by atoms with E-state index in [2.05, 4.69) is 28.0 Å². The van der Waals surface area contributed by atoms with Crippen molar-refractivity contribution in [1.82, 2.24) is 5.43 Å². The Bertz CT molecular complexity index is 963. The summed E-state index contributed by atoms with van der Waals surface area (Å²) in [5, 5.41) is 15.9. The molecule has 168 valence electrons. The molecule has 2 aliphatic rings. The number of ether oxygens (including phenoxy) is 1. The molecule has 2 bridgehead atoms. The van der Waals surface area contributed by atoms with Gasteiger partial charge in [-0.1, -0.05) is 42.5 Å². The highest BCUT2D eigenvalue weighted by atomic mass is 16.5. The Morgan fingerprint density at radius 1 is 1.03 bits per heavy atom. The Morgan fingerprint density at radius 2 is 1.75 bits per heavy atom. The summed E-state index contributed by atoms with van der Waals surface area (Å²) in [6.07, 6.45) is 6.63. The molecule has 2 amide bonds. The van der Waals surface area contributed by atoms with Gasteiger partial charge in [-0.05, 0) is 61.3 Å². The zero-order valence-electron chi connectivity index (χ0n) is 17.9. The van der Waals surface area contributed by atoms with Crippen molar-refractivity contribution >= 4 is 23.9 Å². The summed E-state index contributed by atoms with van der Waals surface area (Å²) in [5.41, 5.74) is 5.71. The standard InChI is InChI=1S/C25H29N3O4/c29-24(30)12-6-9-17-7-4-5-8-18(17)15-20-21(23-14-13-22(20)32-23)16-26-28-25(31)27-19-10-2-1-3-11-19/h1-5,7-8,10-11,16,20-23H,6,9,12-15H2,(H,29,30)(H2,27,28,31)/b26-16+/t20-,21+,22+,23-/m1/s1. The predicted molar refractivity (Wildman–Crippen MR) is 123 cm³/mol. The molecule has 2 aromatic rings. The molecular weight excluding hydrogens is 406 g/mol. The lowest BCUT2D eigenvalue weighted by Gasteiger charge is -2.26. The Balaban J connectivity index is 1.38. The van der Waals surface area contributed by atoms with Gasteiger partial charge in [0.1, 0.15) is 0 Å². The smallest absolute Gasteiger partial charge is 0.339 e. The zero-order chi connectivity index (χ0) is 22.3. The lowest BCUT2D eigenvalue weighted by atomic mass is 9.76. The number of hydrazone groups is 1. The van der Waals surface area contributed by atoms with Gasteiger partial charge in [-0.3, -0.25) is 4.79 Å². The summed E-state index contributed by atoms with van der Waals surface area (Å²) < 4.78 is 6.18. The molecule has 0 saturated carbocycles. The molecule has 2 saturated heterocycles. The molecule has 4 rings (SSSR count). The molecule has 0 aliphatic carbocycles. The fourth-order valence-electron chi connectivity index (χ4n) is 4.83. The summed E-state index contributed by atoms with van der Waals surface area (Å²) in [6, 6.07) is 17.1. The maximum Gasteiger partial charge on any atom is 0.339 e. The summed E-state index contributed by atoms with van der Waals surface area (Å²) in [5.74, 6) is -0.334. The molecule has 2 aromatic carbocycles. The molecule has 7 nitrogen and oxygen atoms in total. The molecule has 0 spiro atoms. The number of nitrogens with one attached hydrogen (secondary N) is 2. The number of para-hydroxylation sites is 1. The number of hydrogen-bond acceptors (Lipinski definition) is 4. The number of aliphatic carboxylic acids is 1. The van der Waals surface area contributed by atoms with Crippen LogP contribution in [0.2, 0.25) is 0 Å². The number of fused-ring (bicyclic) bond motifs is 2. The minimum atomic E-state index is -0.760. The summed E-state index contributed by atoms with van der Waals surface area (Å²) in [7, 11) is 0. The number of carbonyl (C=O) groups is 2. The summed E-state index contributed by atoms with van der Waals surface area (Å²) >= 11 is 0. The summed E-state index contributed by atoms with van der Waals surface area (Å²) in [4.78, 5) is 23.0. The Kier molecular flexibility index (Phi) is 7.17. The number of hydrogen-bond donors (Lipinski definition) is 3. The van der Waals surface area contributed by atoms with Crippen LogP contribution >= 0.6 is 0 Å². The van der Waals surface area contributed by atoms with Gasteiger partial charge in [0.25, 0.3) is 0 Å². The number of amides is 2. The van der Waals surface area contributed by atoms with E-state index in [9.17, 15) is 9.59 Å². The van der Waals surface area contributed by atoms with Gasteiger partial charge < -0.3 is 15.2 Å². The molecule has 3 N–H and O–H groups in total. The van der Waals surface area contributed by atoms with Crippen LogP contribution in [-0.2, 0) is 22.4 Å². The van der Waals surface area contributed by atoms with Crippen LogP contribution in [0.5, 0.6) is 0 Å². The molecule has 2 aliphatic heterocycles. The van der Waals surface area contributed by atoms with Gasteiger partial charge in [-0.25, -0.2) is 10.2 Å². The fourth-order valence-corrected chi connectivity index (χ4v) is 4.83. The first-order valence-corrected chi connectivity index (χ1v) is 11.2. The molecule has 4 atom stereocenters. The van der Waals surface area contributed by atoms with E-state index in [0.29, 0.717) is 12.1 Å². The van der Waals surface area contributed by atoms with Crippen LogP contribution in [0.1, 0.15) is 36.8 Å². The number of carbonyl (C=O) groups excluding carboxylic acids is 1. The molecule has 0 unspecified atom stereocenters. The largest absolute Gasteiger partial charge is 0.481 e. The van der Waals surface area contributed by atoms with E-state index in [1.165, 1.54) is 11.1 Å². The first-order chi connectivity index (χ1) is 15.6. The number of carboxylic acid groups (broad SMARTS) is 1. The second kappa shape index (κ2) is 10.4. The molecule has 2 heterocycles. The van der Waals surface area contributed by atoms with E-state index in [1.807, 2.05) is 48.7 Å². The highest BCUT2D eigenvalue weighted by Gasteiger charge is 2.48. The number of aryl methyl sites for hydroxylation is 1. The topological polar surface area (TPSA) is 100 Å². The van der Waals surface area contributed by atoms with Crippen molar-refractivity contribution in [2.45, 2.75) is 50.7 Å². The second-order valence-electron chi connectivity index (χ2n) is 8.46. The SMILES string of the molecule is O=C(O)CCCc1ccccc1C[C@@H]1[C@H](/C=N/NC(=O)Nc2ccccc2)[C@H]2CC[C@@H]1O2. The molecular formula is C25H29N3O4. The van der Waals surface area contributed by atoms with E-state index in [0.717, 1.165) is 25.7 Å². The number of urea groups is 1. The van der Waals surface area contributed by atoms with Gasteiger partial charge in [0.05, 0.1) is 12.2 Å². The van der Waals surface area contributed by atoms with Gasteiger partial charge in [-0.15, -0.1) is 0 Å². The van der Waals surface area contributed by atoms with Crippen LogP contribution in [0.4, 0.5) is 10.5 Å². The lowest BCUT2D eigenvalue weighted by Crippen LogP contribution is -2.32. The lowest BCUT2D eigenvalue weighted by molar-refractivity contribution is -0.137. The Hall–Kier alpha value is -3.19. The van der Waals surface area contributed by atoms with Crippen LogP contribution in [0, 0.1) is 11.8 Å². The van der Waals surface area contributed by atoms with Crippen LogP contribution in [0.3, 0.4) is 0 Å². The van der Waals surface area contributed by atoms with Crippen molar-refractivity contribution in [3.8, 4) is 0 Å². The van der Waals surface area contributed by atoms with Gasteiger partial charge in [0.15, 0.2) is 0 Å². The third-order valence-electron chi connectivity index (χ3n) is 6.34. The van der Waals surface area contributed by atoms with Crippen molar-refractivity contribution in [2.75, 3.05) is 5.32 Å². The van der Waals surface area contributed by atoms with Crippen LogP contribution in [-0.4, -0.2) is 35.5 Å². The maximum absolute atomic E-state index is 12.1.